The number of thioether (sulfide) groups is 2. The van der Waals surface area contributed by atoms with Crippen molar-refractivity contribution in [2.45, 2.75) is 108 Å². The first kappa shape index (κ1) is 34.4. The number of rotatable bonds is 20. The van der Waals surface area contributed by atoms with Crippen LogP contribution in [0.1, 0.15) is 96.5 Å². The summed E-state index contributed by atoms with van der Waals surface area (Å²) in [4.78, 5) is 25.6. The van der Waals surface area contributed by atoms with Crippen molar-refractivity contribution in [3.63, 3.8) is 0 Å². The molecule has 224 valence electrons. The highest BCUT2D eigenvalue weighted by atomic mass is 32.2. The van der Waals surface area contributed by atoms with Crippen LogP contribution in [0.25, 0.3) is 0 Å². The molecule has 0 saturated carbocycles. The predicted octanol–water partition coefficient (Wildman–Crippen LogP) is 8.02. The van der Waals surface area contributed by atoms with Crippen LogP contribution in [-0.4, -0.2) is 38.4 Å². The Morgan fingerprint density at radius 3 is 1.80 bits per heavy atom. The third kappa shape index (κ3) is 12.3. The fraction of sp³-hybridized carbons (Fsp3) is 0.613. The summed E-state index contributed by atoms with van der Waals surface area (Å²) in [6.45, 7) is 7.75. The van der Waals surface area contributed by atoms with E-state index in [0.717, 1.165) is 66.7 Å². The molecule has 1 aliphatic heterocycles. The van der Waals surface area contributed by atoms with E-state index in [-0.39, 0.29) is 30.4 Å². The zero-order chi connectivity index (χ0) is 29.9. The second-order valence-corrected chi connectivity index (χ2v) is 12.0. The predicted molar refractivity (Wildman–Crippen MR) is 161 cm³/mol. The van der Waals surface area contributed by atoms with Crippen molar-refractivity contribution in [2.24, 2.45) is 0 Å². The molecule has 0 atom stereocenters. The first-order valence-corrected chi connectivity index (χ1v) is 16.2. The second kappa shape index (κ2) is 20.1. The molecule has 0 radical (unpaired) electrons. The van der Waals surface area contributed by atoms with Crippen molar-refractivity contribution in [3.05, 3.63) is 21.4 Å². The Labute approximate surface area is 253 Å². The van der Waals surface area contributed by atoms with Gasteiger partial charge in [-0.1, -0.05) is 75.9 Å². The Hall–Kier alpha value is -2.82. The van der Waals surface area contributed by atoms with E-state index in [1.54, 1.807) is 0 Å². The van der Waals surface area contributed by atoms with Crippen LogP contribution in [-0.2, 0) is 19.1 Å². The number of fused-ring (bicyclic) bond motifs is 1. The van der Waals surface area contributed by atoms with Crippen molar-refractivity contribution in [1.29, 1.82) is 10.5 Å². The van der Waals surface area contributed by atoms with E-state index in [1.807, 2.05) is 25.1 Å². The molecule has 0 fully saturated rings. The largest absolute Gasteiger partial charge is 0.492 e. The number of hydrogen-bond donors (Lipinski definition) is 0. The fourth-order valence-corrected chi connectivity index (χ4v) is 6.57. The lowest BCUT2D eigenvalue weighted by Gasteiger charge is -2.16. The molecule has 1 heterocycles. The van der Waals surface area contributed by atoms with Gasteiger partial charge in [0.25, 0.3) is 0 Å². The van der Waals surface area contributed by atoms with Gasteiger partial charge >= 0.3 is 11.9 Å². The molecule has 2 rings (SSSR count). The normalized spacial score (nSPS) is 11.8. The molecular formula is C31H42N2O6S2. The van der Waals surface area contributed by atoms with Gasteiger partial charge in [-0.3, -0.25) is 9.59 Å². The van der Waals surface area contributed by atoms with E-state index < -0.39 is 0 Å². The summed E-state index contributed by atoms with van der Waals surface area (Å²) in [5, 5.41) is 18.8. The van der Waals surface area contributed by atoms with Crippen LogP contribution in [0.15, 0.2) is 25.7 Å². The van der Waals surface area contributed by atoms with Gasteiger partial charge in [0, 0.05) is 12.8 Å². The maximum absolute atomic E-state index is 12.0. The summed E-state index contributed by atoms with van der Waals surface area (Å²) in [7, 11) is 0. The minimum atomic E-state index is -0.224. The Balaban J connectivity index is 1.95. The lowest BCUT2D eigenvalue weighted by atomic mass is 10.2. The number of esters is 2. The van der Waals surface area contributed by atoms with E-state index in [0.29, 0.717) is 55.0 Å². The molecule has 0 saturated heterocycles. The average molecular weight is 603 g/mol. The fourth-order valence-electron chi connectivity index (χ4n) is 3.99. The quantitative estimate of drug-likeness (QED) is 0.0824. The highest BCUT2D eigenvalue weighted by Gasteiger charge is 2.30. The summed E-state index contributed by atoms with van der Waals surface area (Å²) in [6, 6.07) is 5.79. The summed E-state index contributed by atoms with van der Waals surface area (Å²) in [6.07, 6.45) is 10.0. The van der Waals surface area contributed by atoms with Crippen LogP contribution in [0.4, 0.5) is 0 Å². The SMILES string of the molecule is CCCCCCOC(=O)CCCOc1cc(C)c(OCCCC(=O)OCCCCCC)c2c1SC(=C(C#N)C#N)S2. The molecule has 0 aromatic heterocycles. The highest BCUT2D eigenvalue weighted by molar-refractivity contribution is 8.24. The molecule has 0 amide bonds. The minimum Gasteiger partial charge on any atom is -0.492 e. The number of nitrogens with zero attached hydrogens (tertiary/aromatic N) is 2. The van der Waals surface area contributed by atoms with E-state index in [4.69, 9.17) is 18.9 Å². The van der Waals surface area contributed by atoms with Gasteiger partial charge in [0.2, 0.25) is 0 Å². The Morgan fingerprint density at radius 2 is 1.27 bits per heavy atom. The van der Waals surface area contributed by atoms with Gasteiger partial charge in [-0.15, -0.1) is 0 Å². The standard InChI is InChI=1S/C31H42N2O6S2/c1-4-6-8-10-16-37-26(34)14-12-18-36-25-20-23(3)28(30-29(25)40-31(41-30)24(21-32)22-33)39-19-13-15-27(35)38-17-11-9-7-5-2/h20H,4-19H2,1-3H3. The van der Waals surface area contributed by atoms with Crippen LogP contribution in [0.3, 0.4) is 0 Å². The van der Waals surface area contributed by atoms with E-state index >= 15 is 0 Å². The highest BCUT2D eigenvalue weighted by Crippen LogP contribution is 2.59. The molecular weight excluding hydrogens is 560 g/mol. The minimum absolute atomic E-state index is 0.0362. The Bertz CT molecular complexity index is 1110. The van der Waals surface area contributed by atoms with Crippen LogP contribution in [0.2, 0.25) is 0 Å². The summed E-state index contributed by atoms with van der Waals surface area (Å²) >= 11 is 2.63. The van der Waals surface area contributed by atoms with Crippen molar-refractivity contribution in [3.8, 4) is 23.6 Å². The van der Waals surface area contributed by atoms with Gasteiger partial charge < -0.3 is 18.9 Å². The molecule has 1 aromatic rings. The van der Waals surface area contributed by atoms with Gasteiger partial charge in [0.05, 0.1) is 40.5 Å². The third-order valence-electron chi connectivity index (χ3n) is 6.24. The maximum atomic E-state index is 12.0. The van der Waals surface area contributed by atoms with Crippen molar-refractivity contribution >= 4 is 35.5 Å². The lowest BCUT2D eigenvalue weighted by molar-refractivity contribution is -0.144. The topological polar surface area (TPSA) is 119 Å². The van der Waals surface area contributed by atoms with Crippen LogP contribution in [0.5, 0.6) is 11.5 Å². The van der Waals surface area contributed by atoms with Crippen LogP contribution >= 0.6 is 23.5 Å². The van der Waals surface area contributed by atoms with Gasteiger partial charge in [-0.25, -0.2) is 0 Å². The zero-order valence-electron chi connectivity index (χ0n) is 24.6. The van der Waals surface area contributed by atoms with Crippen molar-refractivity contribution < 1.29 is 28.5 Å². The van der Waals surface area contributed by atoms with Gasteiger partial charge in [-0.05, 0) is 44.2 Å². The van der Waals surface area contributed by atoms with Crippen molar-refractivity contribution in [1.82, 2.24) is 0 Å². The molecule has 1 aromatic carbocycles. The molecule has 8 nitrogen and oxygen atoms in total. The number of ether oxygens (including phenoxy) is 4. The number of carbonyl (C=O) groups is 2. The maximum Gasteiger partial charge on any atom is 0.305 e. The molecule has 10 heteroatoms. The number of allylic oxidation sites excluding steroid dienone is 1. The second-order valence-electron chi connectivity index (χ2n) is 9.74. The van der Waals surface area contributed by atoms with E-state index in [2.05, 4.69) is 13.8 Å². The first-order valence-electron chi connectivity index (χ1n) is 14.6. The summed E-state index contributed by atoms with van der Waals surface area (Å²) in [5.74, 6) is 0.819. The zero-order valence-corrected chi connectivity index (χ0v) is 26.2. The first-order chi connectivity index (χ1) is 19.9. The monoisotopic (exact) mass is 602 g/mol. The van der Waals surface area contributed by atoms with Gasteiger partial charge in [0.1, 0.15) is 29.2 Å². The lowest BCUT2D eigenvalue weighted by Crippen LogP contribution is -2.09. The van der Waals surface area contributed by atoms with Gasteiger partial charge in [0.15, 0.2) is 0 Å². The Kier molecular flexibility index (Phi) is 16.9. The van der Waals surface area contributed by atoms with Gasteiger partial charge in [-0.2, -0.15) is 10.5 Å². The van der Waals surface area contributed by atoms with Crippen molar-refractivity contribution in [2.75, 3.05) is 26.4 Å². The van der Waals surface area contributed by atoms with E-state index in [1.165, 1.54) is 23.5 Å². The molecule has 0 unspecified atom stereocenters. The van der Waals surface area contributed by atoms with Crippen LogP contribution in [0, 0.1) is 29.6 Å². The van der Waals surface area contributed by atoms with Crippen LogP contribution < -0.4 is 9.47 Å². The third-order valence-corrected chi connectivity index (χ3v) is 8.85. The number of nitriles is 2. The summed E-state index contributed by atoms with van der Waals surface area (Å²) in [5.41, 5.74) is 0.877. The number of hydrogen-bond acceptors (Lipinski definition) is 10. The smallest absolute Gasteiger partial charge is 0.305 e. The molecule has 41 heavy (non-hydrogen) atoms. The number of benzene rings is 1. The number of aryl methyl sites for hydroxylation is 1. The molecule has 1 aliphatic rings. The summed E-state index contributed by atoms with van der Waals surface area (Å²) < 4.78 is 23.3. The van der Waals surface area contributed by atoms with E-state index in [9.17, 15) is 20.1 Å². The Morgan fingerprint density at radius 1 is 0.732 bits per heavy atom. The average Bonchev–Trinajstić information content (AvgIpc) is 3.40. The molecule has 0 N–H and O–H groups in total. The number of unbranched alkanes of at least 4 members (excludes halogenated alkanes) is 6. The number of carbonyl (C=O) groups excluding carboxylic acids is 2. The molecule has 0 bridgehead atoms. The molecule has 0 spiro atoms. The molecule has 0 aliphatic carbocycles.